The van der Waals surface area contributed by atoms with Gasteiger partial charge < -0.3 is 9.47 Å². The van der Waals surface area contributed by atoms with Gasteiger partial charge in [-0.15, -0.1) is 11.3 Å². The highest BCUT2D eigenvalue weighted by atomic mass is 32.1. The fraction of sp³-hybridized carbons (Fsp3) is 0.130. The van der Waals surface area contributed by atoms with Gasteiger partial charge in [0.05, 0.1) is 11.7 Å². The molecule has 2 heterocycles. The second-order valence-corrected chi connectivity index (χ2v) is 7.40. The number of carbonyl (C=O) groups excluding carboxylic acids is 2. The predicted molar refractivity (Wildman–Crippen MR) is 113 cm³/mol. The number of benzene rings is 2. The minimum Gasteiger partial charge on any atom is -0.489 e. The largest absolute Gasteiger partial charge is 0.489 e. The molecule has 0 spiro atoms. The van der Waals surface area contributed by atoms with Gasteiger partial charge in [-0.2, -0.15) is 0 Å². The molecule has 1 unspecified atom stereocenters. The first-order valence-electron chi connectivity index (χ1n) is 9.19. The maximum Gasteiger partial charge on any atom is 0.331 e. The van der Waals surface area contributed by atoms with Crippen LogP contribution in [0.1, 0.15) is 16.5 Å². The Balaban J connectivity index is 1.51. The molecule has 0 saturated carbocycles. The number of ether oxygens (including phenoxy) is 2. The van der Waals surface area contributed by atoms with Gasteiger partial charge in [0.2, 0.25) is 0 Å². The lowest BCUT2D eigenvalue weighted by Crippen LogP contribution is -2.43. The summed E-state index contributed by atoms with van der Waals surface area (Å²) < 4.78 is 11.1. The second kappa shape index (κ2) is 8.75. The standard InChI is InChI=1S/C23H19NO4S/c25-22(16-28-23(26)13-12-18-9-6-14-29-18)24-19-10-4-5-11-21(19)27-15-20(24)17-7-2-1-3-8-17/h1-14,20H,15-16H2/b13-12+. The van der Waals surface area contributed by atoms with Crippen LogP contribution in [0.5, 0.6) is 5.75 Å². The third-order valence-electron chi connectivity index (χ3n) is 4.55. The van der Waals surface area contributed by atoms with Crippen LogP contribution < -0.4 is 9.64 Å². The molecule has 29 heavy (non-hydrogen) atoms. The van der Waals surface area contributed by atoms with Crippen LogP contribution >= 0.6 is 11.3 Å². The summed E-state index contributed by atoms with van der Waals surface area (Å²) in [6.45, 7) is -0.00965. The third-order valence-corrected chi connectivity index (χ3v) is 5.39. The van der Waals surface area contributed by atoms with Crippen LogP contribution in [-0.2, 0) is 14.3 Å². The van der Waals surface area contributed by atoms with Gasteiger partial charge in [-0.25, -0.2) is 4.79 Å². The van der Waals surface area contributed by atoms with E-state index in [0.29, 0.717) is 18.0 Å². The summed E-state index contributed by atoms with van der Waals surface area (Å²) in [5.74, 6) is -0.214. The average Bonchev–Trinajstić information content (AvgIpc) is 3.29. The van der Waals surface area contributed by atoms with Crippen molar-refractivity contribution in [2.75, 3.05) is 18.1 Å². The second-order valence-electron chi connectivity index (χ2n) is 6.43. The predicted octanol–water partition coefficient (Wildman–Crippen LogP) is 4.47. The Hall–Kier alpha value is -3.38. The zero-order valence-corrected chi connectivity index (χ0v) is 16.4. The molecule has 1 atom stereocenters. The molecule has 0 saturated heterocycles. The minimum absolute atomic E-state index is 0.293. The zero-order chi connectivity index (χ0) is 20.1. The van der Waals surface area contributed by atoms with E-state index in [-0.39, 0.29) is 18.6 Å². The number of nitrogens with zero attached hydrogens (tertiary/aromatic N) is 1. The highest BCUT2D eigenvalue weighted by Crippen LogP contribution is 2.39. The molecule has 1 amide bonds. The van der Waals surface area contributed by atoms with Crippen LogP contribution in [0.3, 0.4) is 0 Å². The monoisotopic (exact) mass is 405 g/mol. The van der Waals surface area contributed by atoms with Crippen LogP contribution in [-0.4, -0.2) is 25.1 Å². The quantitative estimate of drug-likeness (QED) is 0.464. The summed E-state index contributed by atoms with van der Waals surface area (Å²) >= 11 is 1.52. The van der Waals surface area contributed by atoms with E-state index < -0.39 is 5.97 Å². The summed E-state index contributed by atoms with van der Waals surface area (Å²) in [5, 5.41) is 1.92. The first-order chi connectivity index (χ1) is 14.2. The summed E-state index contributed by atoms with van der Waals surface area (Å²) in [6, 6.07) is 20.6. The zero-order valence-electron chi connectivity index (χ0n) is 15.6. The topological polar surface area (TPSA) is 55.8 Å². The Kier molecular flexibility index (Phi) is 5.72. The molecule has 2 aromatic carbocycles. The van der Waals surface area contributed by atoms with E-state index in [1.54, 1.807) is 11.0 Å². The molecule has 0 N–H and O–H groups in total. The lowest BCUT2D eigenvalue weighted by molar-refractivity contribution is -0.143. The van der Waals surface area contributed by atoms with Crippen LogP contribution in [0.2, 0.25) is 0 Å². The van der Waals surface area contributed by atoms with Crippen molar-refractivity contribution in [3.8, 4) is 5.75 Å². The number of rotatable bonds is 5. The van der Waals surface area contributed by atoms with Gasteiger partial charge >= 0.3 is 5.97 Å². The molecule has 4 rings (SSSR count). The summed E-state index contributed by atoms with van der Waals surface area (Å²) in [6.07, 6.45) is 3.01. The Morgan fingerprint density at radius 3 is 2.66 bits per heavy atom. The number of carbonyl (C=O) groups is 2. The highest BCUT2D eigenvalue weighted by molar-refractivity contribution is 7.10. The normalized spacial score (nSPS) is 15.6. The average molecular weight is 405 g/mol. The fourth-order valence-corrected chi connectivity index (χ4v) is 3.82. The van der Waals surface area contributed by atoms with Gasteiger partial charge in [0, 0.05) is 11.0 Å². The van der Waals surface area contributed by atoms with Crippen molar-refractivity contribution < 1.29 is 19.1 Å². The van der Waals surface area contributed by atoms with Gasteiger partial charge in [0.25, 0.3) is 5.91 Å². The van der Waals surface area contributed by atoms with E-state index in [1.165, 1.54) is 17.4 Å². The molecule has 1 aromatic heterocycles. The lowest BCUT2D eigenvalue weighted by atomic mass is 10.0. The first-order valence-corrected chi connectivity index (χ1v) is 10.1. The molecular weight excluding hydrogens is 386 g/mol. The number of thiophene rings is 1. The van der Waals surface area contributed by atoms with Crippen LogP contribution in [0, 0.1) is 0 Å². The molecular formula is C23H19NO4S. The Morgan fingerprint density at radius 1 is 1.07 bits per heavy atom. The molecule has 1 aliphatic heterocycles. The number of fused-ring (bicyclic) bond motifs is 1. The maximum absolute atomic E-state index is 13.1. The number of para-hydroxylation sites is 2. The van der Waals surface area contributed by atoms with E-state index in [9.17, 15) is 9.59 Å². The Labute approximate surface area is 172 Å². The van der Waals surface area contributed by atoms with Gasteiger partial charge in [-0.3, -0.25) is 9.69 Å². The molecule has 3 aromatic rings. The van der Waals surface area contributed by atoms with Crippen molar-refractivity contribution in [2.24, 2.45) is 0 Å². The number of esters is 1. The maximum atomic E-state index is 13.1. The van der Waals surface area contributed by atoms with E-state index in [1.807, 2.05) is 72.1 Å². The third kappa shape index (κ3) is 4.38. The first kappa shape index (κ1) is 19.0. The number of hydrogen-bond donors (Lipinski definition) is 0. The summed E-state index contributed by atoms with van der Waals surface area (Å²) in [5.41, 5.74) is 1.63. The molecule has 6 heteroatoms. The van der Waals surface area contributed by atoms with Crippen molar-refractivity contribution in [3.63, 3.8) is 0 Å². The number of anilines is 1. The summed E-state index contributed by atoms with van der Waals surface area (Å²) in [4.78, 5) is 27.7. The van der Waals surface area contributed by atoms with E-state index in [4.69, 9.17) is 9.47 Å². The van der Waals surface area contributed by atoms with Crippen molar-refractivity contribution in [1.29, 1.82) is 0 Å². The molecule has 0 bridgehead atoms. The molecule has 0 aliphatic carbocycles. The lowest BCUT2D eigenvalue weighted by Gasteiger charge is -2.37. The van der Waals surface area contributed by atoms with Gasteiger partial charge in [-0.05, 0) is 35.2 Å². The number of amides is 1. The SMILES string of the molecule is O=C(/C=C/c1cccs1)OCC(=O)N1c2ccccc2OCC1c1ccccc1. The van der Waals surface area contributed by atoms with Crippen molar-refractivity contribution >= 4 is 35.0 Å². The van der Waals surface area contributed by atoms with Crippen LogP contribution in [0.15, 0.2) is 78.2 Å². The summed E-state index contributed by atoms with van der Waals surface area (Å²) in [7, 11) is 0. The Bertz CT molecular complexity index is 1010. The minimum atomic E-state index is -0.551. The fourth-order valence-electron chi connectivity index (χ4n) is 3.20. The van der Waals surface area contributed by atoms with Gasteiger partial charge in [-0.1, -0.05) is 48.5 Å². The molecule has 5 nitrogen and oxygen atoms in total. The van der Waals surface area contributed by atoms with Crippen LogP contribution in [0.4, 0.5) is 5.69 Å². The van der Waals surface area contributed by atoms with Crippen molar-refractivity contribution in [3.05, 3.63) is 88.6 Å². The Morgan fingerprint density at radius 2 is 1.86 bits per heavy atom. The number of hydrogen-bond acceptors (Lipinski definition) is 5. The van der Waals surface area contributed by atoms with E-state index in [0.717, 1.165) is 10.4 Å². The van der Waals surface area contributed by atoms with E-state index in [2.05, 4.69) is 0 Å². The van der Waals surface area contributed by atoms with Gasteiger partial charge in [0.15, 0.2) is 6.61 Å². The highest BCUT2D eigenvalue weighted by Gasteiger charge is 2.33. The molecule has 146 valence electrons. The van der Waals surface area contributed by atoms with Gasteiger partial charge in [0.1, 0.15) is 12.4 Å². The van der Waals surface area contributed by atoms with Crippen molar-refractivity contribution in [2.45, 2.75) is 6.04 Å². The molecule has 1 aliphatic rings. The van der Waals surface area contributed by atoms with E-state index >= 15 is 0 Å². The van der Waals surface area contributed by atoms with Crippen LogP contribution in [0.25, 0.3) is 6.08 Å². The molecule has 0 radical (unpaired) electrons. The smallest absolute Gasteiger partial charge is 0.331 e. The molecule has 0 fully saturated rings. The van der Waals surface area contributed by atoms with Crippen molar-refractivity contribution in [1.82, 2.24) is 0 Å².